The molecule has 21 heavy (non-hydrogen) atoms. The van der Waals surface area contributed by atoms with Gasteiger partial charge >= 0.3 is 5.97 Å². The Morgan fingerprint density at radius 1 is 1.43 bits per heavy atom. The molecular weight excluding hydrogens is 286 g/mol. The maximum Gasteiger partial charge on any atom is 0.306 e. The number of benzene rings is 1. The van der Waals surface area contributed by atoms with Gasteiger partial charge in [-0.05, 0) is 41.7 Å². The highest BCUT2D eigenvalue weighted by Crippen LogP contribution is 2.51. The predicted octanol–water partition coefficient (Wildman–Crippen LogP) is 2.77. The van der Waals surface area contributed by atoms with Crippen molar-refractivity contribution < 1.29 is 14.3 Å². The zero-order chi connectivity index (χ0) is 15.3. The monoisotopic (exact) mass is 309 g/mol. The van der Waals surface area contributed by atoms with Crippen molar-refractivity contribution in [3.8, 4) is 5.75 Å². The van der Waals surface area contributed by atoms with Crippen molar-refractivity contribution in [1.82, 2.24) is 0 Å². The van der Waals surface area contributed by atoms with Crippen LogP contribution in [0.2, 0.25) is 0 Å². The Hall–Kier alpha value is -1.20. The summed E-state index contributed by atoms with van der Waals surface area (Å²) in [5, 5.41) is 0. The quantitative estimate of drug-likeness (QED) is 0.748. The highest BCUT2D eigenvalue weighted by Gasteiger charge is 2.44. The Bertz CT molecular complexity index is 488. The Morgan fingerprint density at radius 3 is 2.81 bits per heavy atom. The molecule has 1 aromatic rings. The van der Waals surface area contributed by atoms with Gasteiger partial charge in [-0.3, -0.25) is 4.79 Å². The predicted molar refractivity (Wildman–Crippen MR) is 85.5 cm³/mol. The van der Waals surface area contributed by atoms with E-state index in [1.807, 2.05) is 36.0 Å². The third-order valence-corrected chi connectivity index (χ3v) is 5.34. The van der Waals surface area contributed by atoms with Crippen LogP contribution in [-0.2, 0) is 9.53 Å². The molecular formula is C16H23NO3S. The second-order valence-electron chi connectivity index (χ2n) is 5.65. The molecule has 1 unspecified atom stereocenters. The van der Waals surface area contributed by atoms with Crippen LogP contribution >= 0.6 is 11.8 Å². The van der Waals surface area contributed by atoms with Crippen LogP contribution in [0.15, 0.2) is 24.3 Å². The summed E-state index contributed by atoms with van der Waals surface area (Å²) in [5.41, 5.74) is 7.47. The van der Waals surface area contributed by atoms with Gasteiger partial charge in [-0.1, -0.05) is 12.1 Å². The van der Waals surface area contributed by atoms with E-state index in [2.05, 4.69) is 0 Å². The van der Waals surface area contributed by atoms with Gasteiger partial charge in [0.25, 0.3) is 0 Å². The van der Waals surface area contributed by atoms with Crippen molar-refractivity contribution in [2.45, 2.75) is 25.3 Å². The summed E-state index contributed by atoms with van der Waals surface area (Å²) in [5.74, 6) is 2.54. The van der Waals surface area contributed by atoms with Gasteiger partial charge in [0.05, 0.1) is 20.6 Å². The van der Waals surface area contributed by atoms with E-state index in [1.54, 1.807) is 7.11 Å². The minimum absolute atomic E-state index is 0.0148. The summed E-state index contributed by atoms with van der Waals surface area (Å²) in [4.78, 5) is 11.4. The van der Waals surface area contributed by atoms with Crippen molar-refractivity contribution in [1.29, 1.82) is 0 Å². The standard InChI is InChI=1S/C16H23NO3S/c1-19-13-5-3-4-12(8-13)14(17)10-21-11-16(6-7-16)9-15(18)20-2/h3-5,8,14H,6-7,9-11,17H2,1-2H3. The summed E-state index contributed by atoms with van der Waals surface area (Å²) >= 11 is 1.82. The van der Waals surface area contributed by atoms with Crippen LogP contribution in [-0.4, -0.2) is 31.7 Å². The van der Waals surface area contributed by atoms with E-state index in [9.17, 15) is 4.79 Å². The van der Waals surface area contributed by atoms with E-state index < -0.39 is 0 Å². The molecule has 0 spiro atoms. The smallest absolute Gasteiger partial charge is 0.306 e. The molecule has 0 radical (unpaired) electrons. The number of nitrogens with two attached hydrogens (primary N) is 1. The Morgan fingerprint density at radius 2 is 2.19 bits per heavy atom. The van der Waals surface area contributed by atoms with Gasteiger partial charge < -0.3 is 15.2 Å². The van der Waals surface area contributed by atoms with Crippen LogP contribution in [0.5, 0.6) is 5.75 Å². The van der Waals surface area contributed by atoms with Gasteiger partial charge in [-0.2, -0.15) is 11.8 Å². The molecule has 5 heteroatoms. The molecule has 1 aliphatic carbocycles. The van der Waals surface area contributed by atoms with Crippen LogP contribution in [0.4, 0.5) is 0 Å². The molecule has 1 aliphatic rings. The second kappa shape index (κ2) is 7.18. The highest BCUT2D eigenvalue weighted by molar-refractivity contribution is 7.99. The SMILES string of the molecule is COC(=O)CC1(CSCC(N)c2cccc(OC)c2)CC1. The van der Waals surface area contributed by atoms with E-state index in [0.717, 1.165) is 35.7 Å². The van der Waals surface area contributed by atoms with Gasteiger partial charge in [-0.25, -0.2) is 0 Å². The van der Waals surface area contributed by atoms with Crippen LogP contribution in [0.1, 0.15) is 30.9 Å². The first kappa shape index (κ1) is 16.2. The number of carbonyl (C=O) groups is 1. The topological polar surface area (TPSA) is 61.5 Å². The number of methoxy groups -OCH3 is 2. The van der Waals surface area contributed by atoms with Gasteiger partial charge in [0.15, 0.2) is 0 Å². The number of carbonyl (C=O) groups excluding carboxylic acids is 1. The van der Waals surface area contributed by atoms with Crippen LogP contribution < -0.4 is 10.5 Å². The van der Waals surface area contributed by atoms with E-state index in [1.165, 1.54) is 7.11 Å². The molecule has 0 saturated heterocycles. The summed E-state index contributed by atoms with van der Waals surface area (Å²) < 4.78 is 9.98. The number of ether oxygens (including phenoxy) is 2. The van der Waals surface area contributed by atoms with E-state index in [4.69, 9.17) is 15.2 Å². The Balaban J connectivity index is 1.79. The first-order valence-corrected chi connectivity index (χ1v) is 8.28. The lowest BCUT2D eigenvalue weighted by Crippen LogP contribution is -2.17. The normalized spacial score (nSPS) is 17.1. The molecule has 116 valence electrons. The molecule has 1 aromatic carbocycles. The van der Waals surface area contributed by atoms with Gasteiger partial charge in [0, 0.05) is 11.8 Å². The molecule has 0 heterocycles. The molecule has 1 atom stereocenters. The molecule has 1 fully saturated rings. The zero-order valence-corrected chi connectivity index (χ0v) is 13.4. The summed E-state index contributed by atoms with van der Waals surface area (Å²) in [6.07, 6.45) is 2.76. The summed E-state index contributed by atoms with van der Waals surface area (Å²) in [6, 6.07) is 7.86. The third-order valence-electron chi connectivity index (χ3n) is 3.93. The summed E-state index contributed by atoms with van der Waals surface area (Å²) in [7, 11) is 3.10. The minimum Gasteiger partial charge on any atom is -0.497 e. The van der Waals surface area contributed by atoms with Crippen LogP contribution in [0.25, 0.3) is 0 Å². The first-order chi connectivity index (χ1) is 10.1. The number of rotatable bonds is 8. The molecule has 4 nitrogen and oxygen atoms in total. The summed E-state index contributed by atoms with van der Waals surface area (Å²) in [6.45, 7) is 0. The minimum atomic E-state index is -0.106. The molecule has 0 aliphatic heterocycles. The largest absolute Gasteiger partial charge is 0.497 e. The Labute approximate surface area is 130 Å². The van der Waals surface area contributed by atoms with E-state index >= 15 is 0 Å². The average Bonchev–Trinajstić information content (AvgIpc) is 3.26. The van der Waals surface area contributed by atoms with Gasteiger partial charge in [-0.15, -0.1) is 0 Å². The van der Waals surface area contributed by atoms with Gasteiger partial charge in [0.2, 0.25) is 0 Å². The fourth-order valence-electron chi connectivity index (χ4n) is 2.30. The van der Waals surface area contributed by atoms with Crippen molar-refractivity contribution in [2.75, 3.05) is 25.7 Å². The van der Waals surface area contributed by atoms with Crippen LogP contribution in [0, 0.1) is 5.41 Å². The lowest BCUT2D eigenvalue weighted by atomic mass is 10.1. The van der Waals surface area contributed by atoms with Crippen molar-refractivity contribution in [2.24, 2.45) is 11.1 Å². The fourth-order valence-corrected chi connectivity index (χ4v) is 3.69. The van der Waals surface area contributed by atoms with Crippen molar-refractivity contribution >= 4 is 17.7 Å². The molecule has 2 N–H and O–H groups in total. The van der Waals surface area contributed by atoms with Crippen LogP contribution in [0.3, 0.4) is 0 Å². The maximum absolute atomic E-state index is 11.4. The molecule has 0 aromatic heterocycles. The second-order valence-corrected chi connectivity index (χ2v) is 6.68. The number of thioether (sulfide) groups is 1. The Kier molecular flexibility index (Phi) is 5.53. The van der Waals surface area contributed by atoms with Gasteiger partial charge in [0.1, 0.15) is 5.75 Å². The van der Waals surface area contributed by atoms with Crippen molar-refractivity contribution in [3.63, 3.8) is 0 Å². The first-order valence-electron chi connectivity index (χ1n) is 7.13. The molecule has 0 bridgehead atoms. The fraction of sp³-hybridized carbons (Fsp3) is 0.562. The third kappa shape index (κ3) is 4.64. The van der Waals surface area contributed by atoms with E-state index in [-0.39, 0.29) is 17.4 Å². The zero-order valence-electron chi connectivity index (χ0n) is 12.6. The molecule has 2 rings (SSSR count). The molecule has 1 saturated carbocycles. The lowest BCUT2D eigenvalue weighted by Gasteiger charge is -2.16. The maximum atomic E-state index is 11.4. The number of esters is 1. The van der Waals surface area contributed by atoms with Crippen molar-refractivity contribution in [3.05, 3.63) is 29.8 Å². The average molecular weight is 309 g/mol. The number of hydrogen-bond acceptors (Lipinski definition) is 5. The van der Waals surface area contributed by atoms with E-state index in [0.29, 0.717) is 6.42 Å². The molecule has 0 amide bonds. The number of hydrogen-bond donors (Lipinski definition) is 1. The lowest BCUT2D eigenvalue weighted by molar-refractivity contribution is -0.141. The highest BCUT2D eigenvalue weighted by atomic mass is 32.2.